The average Bonchev–Trinajstić information content (AvgIpc) is 2.94. The maximum atomic E-state index is 13.7. The summed E-state index contributed by atoms with van der Waals surface area (Å²) in [5, 5.41) is 18.9. The molecule has 0 radical (unpaired) electrons. The molecule has 1 heterocycles. The van der Waals surface area contributed by atoms with E-state index in [2.05, 4.69) is 25.7 Å². The molecule has 7 nitrogen and oxygen atoms in total. The molecule has 0 bridgehead atoms. The lowest BCUT2D eigenvalue weighted by molar-refractivity contribution is 0.603. The summed E-state index contributed by atoms with van der Waals surface area (Å²) >= 11 is 0. The third kappa shape index (κ3) is 5.17. The highest BCUT2D eigenvalue weighted by Gasteiger charge is 2.06. The van der Waals surface area contributed by atoms with E-state index in [9.17, 15) is 4.39 Å². The van der Waals surface area contributed by atoms with E-state index in [0.717, 1.165) is 5.82 Å². The van der Waals surface area contributed by atoms with Crippen LogP contribution in [0.4, 0.5) is 4.39 Å². The molecule has 2 rings (SSSR count). The van der Waals surface area contributed by atoms with E-state index in [1.165, 1.54) is 24.5 Å². The summed E-state index contributed by atoms with van der Waals surface area (Å²) in [5.41, 5.74) is 0.820. The number of benzene rings is 1. The van der Waals surface area contributed by atoms with Gasteiger partial charge in [0.05, 0.1) is 18.2 Å². The first-order valence-electron chi connectivity index (χ1n) is 6.60. The van der Waals surface area contributed by atoms with Gasteiger partial charge in [0.2, 0.25) is 0 Å². The second-order valence-electron chi connectivity index (χ2n) is 4.50. The minimum atomic E-state index is -0.366. The molecule has 2 aromatic rings. The Balaban J connectivity index is 0.00000264. The quantitative estimate of drug-likeness (QED) is 0.435. The lowest BCUT2D eigenvalue weighted by atomic mass is 10.1. The predicted molar refractivity (Wildman–Crippen MR) is 94.6 cm³/mol. The number of halogens is 2. The van der Waals surface area contributed by atoms with Gasteiger partial charge in [-0.2, -0.15) is 10.4 Å². The van der Waals surface area contributed by atoms with Crippen LogP contribution in [0.5, 0.6) is 0 Å². The van der Waals surface area contributed by atoms with Gasteiger partial charge in [0, 0.05) is 26.2 Å². The van der Waals surface area contributed by atoms with Gasteiger partial charge in [-0.05, 0) is 18.2 Å². The van der Waals surface area contributed by atoms with Crippen LogP contribution in [0.15, 0.2) is 29.5 Å². The van der Waals surface area contributed by atoms with Crippen LogP contribution in [-0.2, 0) is 20.1 Å². The first-order chi connectivity index (χ1) is 10.6. The molecule has 23 heavy (non-hydrogen) atoms. The van der Waals surface area contributed by atoms with Gasteiger partial charge in [-0.3, -0.25) is 9.67 Å². The number of hydrogen-bond donors (Lipinski definition) is 2. The fourth-order valence-electron chi connectivity index (χ4n) is 1.82. The first-order valence-corrected chi connectivity index (χ1v) is 6.60. The topological polar surface area (TPSA) is 90.9 Å². The summed E-state index contributed by atoms with van der Waals surface area (Å²) in [7, 11) is 3.41. The van der Waals surface area contributed by atoms with Gasteiger partial charge in [0.25, 0.3) is 0 Å². The fourth-order valence-corrected chi connectivity index (χ4v) is 1.82. The number of aliphatic imine (C=N–C) groups is 1. The van der Waals surface area contributed by atoms with Crippen LogP contribution in [0.3, 0.4) is 0 Å². The summed E-state index contributed by atoms with van der Waals surface area (Å²) < 4.78 is 15.3. The molecule has 1 aromatic carbocycles. The first kappa shape index (κ1) is 18.8. The van der Waals surface area contributed by atoms with Crippen molar-refractivity contribution in [2.75, 3.05) is 7.05 Å². The minimum Gasteiger partial charge on any atom is -0.352 e. The zero-order valence-electron chi connectivity index (χ0n) is 12.7. The Morgan fingerprint density at radius 1 is 1.39 bits per heavy atom. The number of rotatable bonds is 4. The van der Waals surface area contributed by atoms with Gasteiger partial charge < -0.3 is 10.6 Å². The van der Waals surface area contributed by atoms with Crippen LogP contribution < -0.4 is 10.6 Å². The van der Waals surface area contributed by atoms with Crippen molar-refractivity contribution >= 4 is 29.9 Å². The van der Waals surface area contributed by atoms with E-state index in [-0.39, 0.29) is 36.3 Å². The molecule has 0 amide bonds. The van der Waals surface area contributed by atoms with E-state index in [4.69, 9.17) is 5.26 Å². The molecule has 0 saturated carbocycles. The summed E-state index contributed by atoms with van der Waals surface area (Å²) in [6.07, 6.45) is 1.47. The smallest absolute Gasteiger partial charge is 0.191 e. The average molecular weight is 429 g/mol. The molecule has 2 N–H and O–H groups in total. The SMILES string of the molecule is CN=C(NCc1cc(C#N)ccc1F)NCc1ncnn1C.I. The lowest BCUT2D eigenvalue weighted by Gasteiger charge is -2.12. The van der Waals surface area contributed by atoms with Crippen molar-refractivity contribution in [2.45, 2.75) is 13.1 Å². The van der Waals surface area contributed by atoms with Gasteiger partial charge in [-0.25, -0.2) is 9.37 Å². The van der Waals surface area contributed by atoms with Gasteiger partial charge in [-0.15, -0.1) is 24.0 Å². The molecule has 122 valence electrons. The van der Waals surface area contributed by atoms with Crippen molar-refractivity contribution < 1.29 is 4.39 Å². The highest BCUT2D eigenvalue weighted by molar-refractivity contribution is 14.0. The Labute approximate surface area is 150 Å². The highest BCUT2D eigenvalue weighted by Crippen LogP contribution is 2.09. The molecule has 0 saturated heterocycles. The maximum Gasteiger partial charge on any atom is 0.191 e. The van der Waals surface area contributed by atoms with Crippen molar-refractivity contribution in [2.24, 2.45) is 12.0 Å². The molecule has 0 atom stereocenters. The molecule has 9 heteroatoms. The Morgan fingerprint density at radius 2 is 2.13 bits per heavy atom. The van der Waals surface area contributed by atoms with Crippen LogP contribution >= 0.6 is 24.0 Å². The second kappa shape index (κ2) is 9.04. The van der Waals surface area contributed by atoms with Gasteiger partial charge in [0.1, 0.15) is 18.0 Å². The van der Waals surface area contributed by atoms with Crippen LogP contribution in [-0.4, -0.2) is 27.8 Å². The molecule has 1 aromatic heterocycles. The van der Waals surface area contributed by atoms with E-state index in [0.29, 0.717) is 23.6 Å². The van der Waals surface area contributed by atoms with Crippen molar-refractivity contribution in [3.05, 3.63) is 47.3 Å². The van der Waals surface area contributed by atoms with E-state index >= 15 is 0 Å². The molecule has 0 spiro atoms. The van der Waals surface area contributed by atoms with E-state index in [1.807, 2.05) is 6.07 Å². The Hall–Kier alpha value is -2.22. The van der Waals surface area contributed by atoms with Crippen molar-refractivity contribution in [3.8, 4) is 6.07 Å². The Kier molecular flexibility index (Phi) is 7.40. The van der Waals surface area contributed by atoms with Crippen LogP contribution in [0.1, 0.15) is 17.0 Å². The summed E-state index contributed by atoms with van der Waals surface area (Å²) in [5.74, 6) is 0.889. The fraction of sp³-hybridized carbons (Fsp3) is 0.286. The molecule has 0 aliphatic carbocycles. The maximum absolute atomic E-state index is 13.7. The zero-order chi connectivity index (χ0) is 15.9. The number of nitriles is 1. The standard InChI is InChI=1S/C14H16FN7.HI/c1-17-14(19-8-13-20-9-21-22(13)2)18-7-11-5-10(6-16)3-4-12(11)15;/h3-5,9H,7-8H2,1-2H3,(H2,17,18,19);1H. The highest BCUT2D eigenvalue weighted by atomic mass is 127. The number of guanidine groups is 1. The van der Waals surface area contributed by atoms with Crippen LogP contribution in [0.25, 0.3) is 0 Å². The predicted octanol–water partition coefficient (Wildman–Crippen LogP) is 1.31. The lowest BCUT2D eigenvalue weighted by Crippen LogP contribution is -2.37. The van der Waals surface area contributed by atoms with Crippen LogP contribution in [0.2, 0.25) is 0 Å². The number of nitrogens with one attached hydrogen (secondary N) is 2. The third-order valence-electron chi connectivity index (χ3n) is 3.06. The zero-order valence-corrected chi connectivity index (χ0v) is 15.1. The number of nitrogens with zero attached hydrogens (tertiary/aromatic N) is 5. The summed E-state index contributed by atoms with van der Waals surface area (Å²) in [6.45, 7) is 0.663. The molecule has 0 aliphatic rings. The van der Waals surface area contributed by atoms with Crippen LogP contribution in [0, 0.1) is 17.1 Å². The molecule has 0 aliphatic heterocycles. The van der Waals surface area contributed by atoms with Crippen molar-refractivity contribution in [3.63, 3.8) is 0 Å². The van der Waals surface area contributed by atoms with Gasteiger partial charge in [-0.1, -0.05) is 0 Å². The molecular weight excluding hydrogens is 412 g/mol. The monoisotopic (exact) mass is 429 g/mol. The second-order valence-corrected chi connectivity index (χ2v) is 4.50. The molecule has 0 unspecified atom stereocenters. The normalized spacial score (nSPS) is 10.6. The van der Waals surface area contributed by atoms with Crippen molar-refractivity contribution in [1.29, 1.82) is 5.26 Å². The summed E-state index contributed by atoms with van der Waals surface area (Å²) in [6, 6.07) is 6.23. The van der Waals surface area contributed by atoms with Gasteiger partial charge >= 0.3 is 0 Å². The largest absolute Gasteiger partial charge is 0.352 e. The number of aromatic nitrogens is 3. The number of hydrogen-bond acceptors (Lipinski definition) is 4. The van der Waals surface area contributed by atoms with E-state index < -0.39 is 0 Å². The third-order valence-corrected chi connectivity index (χ3v) is 3.06. The van der Waals surface area contributed by atoms with Crippen molar-refractivity contribution in [1.82, 2.24) is 25.4 Å². The number of aryl methyl sites for hydroxylation is 1. The van der Waals surface area contributed by atoms with E-state index in [1.54, 1.807) is 18.8 Å². The Bertz CT molecular complexity index is 720. The molecular formula is C14H17FIN7. The molecule has 0 fully saturated rings. The van der Waals surface area contributed by atoms with Gasteiger partial charge in [0.15, 0.2) is 5.96 Å². The Morgan fingerprint density at radius 3 is 2.74 bits per heavy atom. The summed E-state index contributed by atoms with van der Waals surface area (Å²) in [4.78, 5) is 8.14. The minimum absolute atomic E-state index is 0.